The highest BCUT2D eigenvalue weighted by Crippen LogP contribution is 2.64. The third kappa shape index (κ3) is 8.21. The van der Waals surface area contributed by atoms with E-state index in [9.17, 15) is 19.2 Å². The highest BCUT2D eigenvalue weighted by atomic mass is 79.9. The summed E-state index contributed by atoms with van der Waals surface area (Å²) in [7, 11) is -0.433. The fourth-order valence-corrected chi connectivity index (χ4v) is 12.2. The zero-order valence-corrected chi connectivity index (χ0v) is 43.5. The van der Waals surface area contributed by atoms with Crippen LogP contribution < -0.4 is 25.9 Å². The molecule has 18 nitrogen and oxygen atoms in total. The van der Waals surface area contributed by atoms with E-state index in [0.29, 0.717) is 64.2 Å². The smallest absolute Gasteiger partial charge is 0.442 e. The van der Waals surface area contributed by atoms with E-state index in [1.807, 2.05) is 82.4 Å². The van der Waals surface area contributed by atoms with Gasteiger partial charge < -0.3 is 48.6 Å². The number of aromatic nitrogens is 2. The lowest BCUT2D eigenvalue weighted by Crippen LogP contribution is -2.41. The number of benzene rings is 2. The summed E-state index contributed by atoms with van der Waals surface area (Å²) in [6, 6.07) is 19.6. The molecule has 10 atom stereocenters. The van der Waals surface area contributed by atoms with Crippen molar-refractivity contribution < 1.29 is 47.4 Å². The van der Waals surface area contributed by atoms with Crippen molar-refractivity contribution in [3.8, 4) is 11.1 Å². The third-order valence-electron chi connectivity index (χ3n) is 16.8. The molecular formula is C54H56BBrN8O10. The van der Waals surface area contributed by atoms with Gasteiger partial charge in [-0.3, -0.25) is 29.4 Å². The molecule has 2 aromatic heterocycles. The van der Waals surface area contributed by atoms with Crippen LogP contribution in [0.25, 0.3) is 20.8 Å². The Morgan fingerprint density at radius 1 is 0.676 bits per heavy atom. The first-order valence-electron chi connectivity index (χ1n) is 25.0. The SMILES string of the molecule is CC(=O)NC[C@@H]1OC(=O)N2c3ccc(B4OC(C)(C)C(C)(C)O4)cc3C[C@@H]12.[C-]#[N+]C1(c2ccc(-c3ccc4c(c3)C[C@H]3[C@H](CNC(C)=O)OC(=O)N43)cn2)C2COC[C@H]21.[C-]#[N+]C1(c2ccc(Br)cn2)C2COC[C@H]21. The van der Waals surface area contributed by atoms with E-state index in [-0.39, 0.29) is 65.7 Å². The highest BCUT2D eigenvalue weighted by molar-refractivity contribution is 9.10. The van der Waals surface area contributed by atoms with Crippen molar-refractivity contribution in [3.63, 3.8) is 0 Å². The molecule has 7 aliphatic heterocycles. The number of rotatable bonds is 8. The van der Waals surface area contributed by atoms with Gasteiger partial charge in [-0.1, -0.05) is 24.3 Å². The molecule has 4 unspecified atom stereocenters. The highest BCUT2D eigenvalue weighted by Gasteiger charge is 2.78. The summed E-state index contributed by atoms with van der Waals surface area (Å²) in [5.41, 5.74) is 6.85. The minimum absolute atomic E-state index is 0.104. The maximum absolute atomic E-state index is 12.4. The molecular weight excluding hydrogens is 1010 g/mol. The van der Waals surface area contributed by atoms with Crippen molar-refractivity contribution in [3.05, 3.63) is 123 Å². The van der Waals surface area contributed by atoms with Crippen molar-refractivity contribution in [2.45, 2.75) is 101 Å². The largest absolute Gasteiger partial charge is 0.494 e. The molecule has 2 N–H and O–H groups in total. The molecule has 0 spiro atoms. The van der Waals surface area contributed by atoms with Gasteiger partial charge in [0.05, 0.1) is 97.8 Å². The lowest BCUT2D eigenvalue weighted by atomic mass is 9.78. The minimum Gasteiger partial charge on any atom is -0.442 e. The predicted molar refractivity (Wildman–Crippen MR) is 274 cm³/mol. The lowest BCUT2D eigenvalue weighted by Gasteiger charge is -2.32. The summed E-state index contributed by atoms with van der Waals surface area (Å²) in [4.78, 5) is 67.4. The van der Waals surface area contributed by atoms with Gasteiger partial charge in [0, 0.05) is 36.3 Å². The van der Waals surface area contributed by atoms with Crippen LogP contribution in [-0.2, 0) is 61.8 Å². The Labute approximate surface area is 438 Å². The average molecular weight is 1070 g/mol. The number of ether oxygens (including phenoxy) is 4. The second-order valence-corrected chi connectivity index (χ2v) is 22.4. The number of nitrogens with zero attached hydrogens (tertiary/aromatic N) is 6. The number of hydrogen-bond acceptors (Lipinski definition) is 12. The molecule has 9 heterocycles. The Balaban J connectivity index is 0.000000127. The van der Waals surface area contributed by atoms with Crippen molar-refractivity contribution >= 4 is 63.9 Å². The molecule has 2 saturated carbocycles. The number of hydrogen-bond donors (Lipinski definition) is 2. The van der Waals surface area contributed by atoms with Crippen molar-refractivity contribution in [1.29, 1.82) is 0 Å². The molecule has 2 aromatic carbocycles. The number of pyridine rings is 2. The number of carbonyl (C=O) groups excluding carboxylic acids is 4. The molecule has 2 aliphatic carbocycles. The Morgan fingerprint density at radius 3 is 1.58 bits per heavy atom. The van der Waals surface area contributed by atoms with Crippen LogP contribution in [0, 0.1) is 36.8 Å². The fraction of sp³-hybridized carbons (Fsp3) is 0.481. The molecule has 382 valence electrons. The number of carbonyl (C=O) groups is 4. The summed E-state index contributed by atoms with van der Waals surface area (Å²) < 4.78 is 34.9. The number of anilines is 2. The molecule has 5 saturated heterocycles. The molecule has 20 heteroatoms. The summed E-state index contributed by atoms with van der Waals surface area (Å²) >= 11 is 3.35. The van der Waals surface area contributed by atoms with Crippen LogP contribution in [0.5, 0.6) is 0 Å². The Hall–Kier alpha value is -6.42. The first-order valence-corrected chi connectivity index (χ1v) is 25.8. The van der Waals surface area contributed by atoms with Crippen LogP contribution in [0.2, 0.25) is 0 Å². The summed E-state index contributed by atoms with van der Waals surface area (Å²) in [5.74, 6) is 0.972. The van der Waals surface area contributed by atoms with Crippen LogP contribution in [-0.4, -0.2) is 116 Å². The van der Waals surface area contributed by atoms with Gasteiger partial charge in [-0.25, -0.2) is 22.7 Å². The number of cyclic esters (lactones) is 2. The molecule has 0 radical (unpaired) electrons. The number of nitrogens with one attached hydrogen (secondary N) is 2. The molecule has 9 aliphatic rings. The monoisotopic (exact) mass is 1070 g/mol. The van der Waals surface area contributed by atoms with E-state index in [0.717, 1.165) is 55.0 Å². The first kappa shape index (κ1) is 49.8. The maximum atomic E-state index is 12.4. The van der Waals surface area contributed by atoms with E-state index in [1.54, 1.807) is 16.0 Å². The molecule has 4 aromatic rings. The number of halogens is 1. The minimum atomic E-state index is -0.511. The Morgan fingerprint density at radius 2 is 1.14 bits per heavy atom. The topological polar surface area (TPSA) is 189 Å². The molecule has 7 fully saturated rings. The Bertz CT molecular complexity index is 3000. The zero-order chi connectivity index (χ0) is 52.1. The van der Waals surface area contributed by atoms with Crippen LogP contribution >= 0.6 is 15.9 Å². The first-order chi connectivity index (χ1) is 35.4. The van der Waals surface area contributed by atoms with Gasteiger partial charge in [0.1, 0.15) is 23.6 Å². The lowest BCUT2D eigenvalue weighted by molar-refractivity contribution is -0.120. The second-order valence-electron chi connectivity index (χ2n) is 21.5. The van der Waals surface area contributed by atoms with Crippen molar-refractivity contribution in [1.82, 2.24) is 20.6 Å². The van der Waals surface area contributed by atoms with Crippen LogP contribution in [0.3, 0.4) is 0 Å². The zero-order valence-electron chi connectivity index (χ0n) is 41.9. The fourth-order valence-electron chi connectivity index (χ4n) is 12.0. The van der Waals surface area contributed by atoms with Crippen LogP contribution in [0.4, 0.5) is 21.0 Å². The van der Waals surface area contributed by atoms with Gasteiger partial charge in [0.2, 0.25) is 11.8 Å². The van der Waals surface area contributed by atoms with Crippen molar-refractivity contribution in [2.75, 3.05) is 49.3 Å². The van der Waals surface area contributed by atoms with E-state index in [4.69, 9.17) is 41.4 Å². The number of fused-ring (bicyclic) bond motifs is 8. The maximum Gasteiger partial charge on any atom is 0.494 e. The summed E-state index contributed by atoms with van der Waals surface area (Å²) in [5, 5.41) is 5.49. The standard InChI is InChI=1S/C24H22N4O4.C19H25BN2O5.C11H9BrN2O/c1-13(29)26-10-21-20-8-16-7-14(3-5-19(16)28(20)23(30)32-21)15-4-6-22(27-9-15)24(25-2)17-11-31-12-18(17)24;1-11(23)21-10-16-15-9-12-8-13(6-7-14(12)22(15)17(24)25-16)20-26-18(2,3)19(4,5)27-20;1-13-11(8-5-15-6-9(8)11)10-3-2-7(12)4-14-10/h3-7,9,17-18,20-21H,8,10-12H2,1H3,(H,26,29);6-8,15-16H,9-10H2,1-5H3,(H,21,23);2-4,8-9H,5-6H2/t17-,18?,20+,21+,24?;15-,16-;8-,9?,11?/m101/s1. The van der Waals surface area contributed by atoms with E-state index in [1.165, 1.54) is 13.8 Å². The second kappa shape index (κ2) is 18.5. The quantitative estimate of drug-likeness (QED) is 0.152. The van der Waals surface area contributed by atoms with E-state index < -0.39 is 23.9 Å². The van der Waals surface area contributed by atoms with E-state index >= 15 is 0 Å². The van der Waals surface area contributed by atoms with Gasteiger partial charge in [-0.15, -0.1) is 0 Å². The van der Waals surface area contributed by atoms with Gasteiger partial charge in [-0.2, -0.15) is 0 Å². The van der Waals surface area contributed by atoms with Gasteiger partial charge in [-0.05, 0) is 115 Å². The molecule has 13 rings (SSSR count). The van der Waals surface area contributed by atoms with Gasteiger partial charge in [0.25, 0.3) is 11.1 Å². The Kier molecular flexibility index (Phi) is 12.4. The van der Waals surface area contributed by atoms with Crippen molar-refractivity contribution in [2.24, 2.45) is 23.7 Å². The van der Waals surface area contributed by atoms with Crippen LogP contribution in [0.15, 0.2) is 77.5 Å². The van der Waals surface area contributed by atoms with E-state index in [2.05, 4.69) is 58.4 Å². The van der Waals surface area contributed by atoms with Gasteiger partial charge >= 0.3 is 19.3 Å². The normalized spacial score (nSPS) is 31.1. The molecule has 74 heavy (non-hydrogen) atoms. The summed E-state index contributed by atoms with van der Waals surface area (Å²) in [6.07, 6.45) is 3.50. The predicted octanol–water partition coefficient (Wildman–Crippen LogP) is 6.13. The average Bonchev–Trinajstić information content (AvgIpc) is 3.98. The molecule has 4 amide bonds. The van der Waals surface area contributed by atoms with Crippen LogP contribution in [0.1, 0.15) is 64.1 Å². The third-order valence-corrected chi connectivity index (χ3v) is 17.3. The van der Waals surface area contributed by atoms with Gasteiger partial charge in [0.15, 0.2) is 0 Å². The molecule has 0 bridgehead atoms. The summed E-state index contributed by atoms with van der Waals surface area (Å²) in [6.45, 7) is 29.4. The number of amides is 4.